The Bertz CT molecular complexity index is 1790. The predicted octanol–water partition coefficient (Wildman–Crippen LogP) is 8.19. The Hall–Kier alpha value is -3.68. The number of nitrogens with one attached hydrogen (secondary N) is 1. The molecule has 1 heterocycles. The lowest BCUT2D eigenvalue weighted by molar-refractivity contribution is 0.204. The quantitative estimate of drug-likeness (QED) is 0.147. The minimum atomic E-state index is -3.81. The van der Waals surface area contributed by atoms with E-state index in [-0.39, 0.29) is 19.0 Å². The summed E-state index contributed by atoms with van der Waals surface area (Å²) in [5.41, 5.74) is 3.03. The van der Waals surface area contributed by atoms with Crippen LogP contribution < -0.4 is 9.46 Å². The Kier molecular flexibility index (Phi) is 11.2. The van der Waals surface area contributed by atoms with Crippen molar-refractivity contribution in [3.63, 3.8) is 0 Å². The van der Waals surface area contributed by atoms with Gasteiger partial charge in [0.25, 0.3) is 0 Å². The monoisotopic (exact) mass is 654 g/mol. The number of sulfonamides is 1. The Morgan fingerprint density at radius 1 is 0.761 bits per heavy atom. The standard InChI is InChI=1S/C39H42N2O3S.ClH/c1-44-36-22-20-35(21-23-36)39(34-16-6-3-7-17-34,26-11-27-41-28-24-32(25-29-41)31-12-4-2-5-13-31)30-40-45(42,43)38-19-10-15-33-14-8-9-18-37(33)38;/h2-10,12-23,32,40H,11,24-30H2,1H3;1H. The van der Waals surface area contributed by atoms with Crippen LogP contribution in [0.15, 0.2) is 132 Å². The van der Waals surface area contributed by atoms with Gasteiger partial charge in [-0.3, -0.25) is 0 Å². The largest absolute Gasteiger partial charge is 0.497 e. The number of nitrogens with zero attached hydrogens (tertiary/aromatic N) is 1. The van der Waals surface area contributed by atoms with Crippen molar-refractivity contribution in [3.05, 3.63) is 144 Å². The van der Waals surface area contributed by atoms with Gasteiger partial charge in [0.15, 0.2) is 0 Å². The Morgan fingerprint density at radius 2 is 1.37 bits per heavy atom. The van der Waals surface area contributed by atoms with E-state index >= 15 is 0 Å². The number of rotatable bonds is 12. The molecular weight excluding hydrogens is 612 g/mol. The fourth-order valence-electron chi connectivity index (χ4n) is 6.96. The van der Waals surface area contributed by atoms with Crippen LogP contribution in [0.5, 0.6) is 5.75 Å². The molecule has 6 rings (SSSR count). The van der Waals surface area contributed by atoms with Crippen LogP contribution in [0.1, 0.15) is 48.3 Å². The summed E-state index contributed by atoms with van der Waals surface area (Å²) in [6, 6.07) is 42.4. The van der Waals surface area contributed by atoms with Crippen LogP contribution in [-0.2, 0) is 15.4 Å². The van der Waals surface area contributed by atoms with Crippen molar-refractivity contribution in [2.24, 2.45) is 0 Å². The van der Waals surface area contributed by atoms with E-state index in [1.54, 1.807) is 13.2 Å². The zero-order valence-corrected chi connectivity index (χ0v) is 28.0. The maximum Gasteiger partial charge on any atom is 0.241 e. The molecule has 0 amide bonds. The van der Waals surface area contributed by atoms with Gasteiger partial charge in [-0.05, 0) is 91.5 Å². The summed E-state index contributed by atoms with van der Waals surface area (Å²) >= 11 is 0. The van der Waals surface area contributed by atoms with Gasteiger partial charge < -0.3 is 9.64 Å². The molecule has 46 heavy (non-hydrogen) atoms. The molecular formula is C39H43ClN2O3S. The maximum absolute atomic E-state index is 14.0. The zero-order chi connectivity index (χ0) is 31.1. The molecule has 7 heteroatoms. The highest BCUT2D eigenvalue weighted by Crippen LogP contribution is 2.38. The minimum absolute atomic E-state index is 0. The Balaban J connectivity index is 0.00000417. The molecule has 1 aliphatic rings. The van der Waals surface area contributed by atoms with E-state index in [1.807, 2.05) is 66.7 Å². The van der Waals surface area contributed by atoms with Crippen LogP contribution in [0.3, 0.4) is 0 Å². The Morgan fingerprint density at radius 3 is 2.07 bits per heavy atom. The van der Waals surface area contributed by atoms with Gasteiger partial charge in [0.2, 0.25) is 10.0 Å². The molecule has 0 aromatic heterocycles. The van der Waals surface area contributed by atoms with Crippen LogP contribution in [0, 0.1) is 0 Å². The highest BCUT2D eigenvalue weighted by Gasteiger charge is 2.36. The molecule has 1 saturated heterocycles. The van der Waals surface area contributed by atoms with E-state index in [1.165, 1.54) is 5.56 Å². The summed E-state index contributed by atoms with van der Waals surface area (Å²) in [6.07, 6.45) is 4.06. The lowest BCUT2D eigenvalue weighted by atomic mass is 9.71. The number of benzene rings is 5. The first kappa shape index (κ1) is 33.7. The van der Waals surface area contributed by atoms with Crippen LogP contribution in [-0.4, -0.2) is 46.6 Å². The minimum Gasteiger partial charge on any atom is -0.497 e. The molecule has 1 atom stereocenters. The number of hydrogen-bond donors (Lipinski definition) is 1. The summed E-state index contributed by atoms with van der Waals surface area (Å²) < 4.78 is 36.5. The third-order valence-electron chi connectivity index (χ3n) is 9.51. The number of likely N-dealkylation sites (tertiary alicyclic amines) is 1. The molecule has 0 radical (unpaired) electrons. The first-order chi connectivity index (χ1) is 22.0. The number of ether oxygens (including phenoxy) is 1. The lowest BCUT2D eigenvalue weighted by Crippen LogP contribution is -2.42. The summed E-state index contributed by atoms with van der Waals surface area (Å²) in [6.45, 7) is 3.37. The fourth-order valence-corrected chi connectivity index (χ4v) is 8.29. The highest BCUT2D eigenvalue weighted by atomic mass is 35.5. The average Bonchev–Trinajstić information content (AvgIpc) is 3.10. The van der Waals surface area contributed by atoms with Gasteiger partial charge in [0, 0.05) is 17.3 Å². The topological polar surface area (TPSA) is 58.6 Å². The lowest BCUT2D eigenvalue weighted by Gasteiger charge is -2.37. The first-order valence-corrected chi connectivity index (χ1v) is 17.4. The third-order valence-corrected chi connectivity index (χ3v) is 11.0. The molecule has 240 valence electrons. The molecule has 0 saturated carbocycles. The van der Waals surface area contributed by atoms with Gasteiger partial charge in [0.05, 0.1) is 12.0 Å². The van der Waals surface area contributed by atoms with E-state index in [0.717, 1.165) is 73.0 Å². The molecule has 5 nitrogen and oxygen atoms in total. The van der Waals surface area contributed by atoms with E-state index in [9.17, 15) is 8.42 Å². The van der Waals surface area contributed by atoms with E-state index in [4.69, 9.17) is 4.74 Å². The Labute approximate surface area is 280 Å². The molecule has 1 N–H and O–H groups in total. The molecule has 0 aliphatic carbocycles. The van der Waals surface area contributed by atoms with Gasteiger partial charge in [-0.15, -0.1) is 12.4 Å². The van der Waals surface area contributed by atoms with Crippen LogP contribution in [0.4, 0.5) is 0 Å². The van der Waals surface area contributed by atoms with Crippen molar-refractivity contribution >= 4 is 33.2 Å². The van der Waals surface area contributed by atoms with Crippen molar-refractivity contribution in [1.82, 2.24) is 9.62 Å². The van der Waals surface area contributed by atoms with Crippen LogP contribution in [0.25, 0.3) is 10.8 Å². The van der Waals surface area contributed by atoms with Crippen molar-refractivity contribution < 1.29 is 13.2 Å². The predicted molar refractivity (Wildman–Crippen MR) is 191 cm³/mol. The SMILES string of the molecule is COc1ccc(C(CCCN2CCC(c3ccccc3)CC2)(CNS(=O)(=O)c2cccc3ccccc23)c2ccccc2)cc1.Cl. The fraction of sp³-hybridized carbons (Fsp3) is 0.282. The van der Waals surface area contributed by atoms with Crippen molar-refractivity contribution in [2.75, 3.05) is 33.3 Å². The molecule has 0 bridgehead atoms. The number of methoxy groups -OCH3 is 1. The van der Waals surface area contributed by atoms with Crippen LogP contribution >= 0.6 is 12.4 Å². The smallest absolute Gasteiger partial charge is 0.241 e. The molecule has 1 aliphatic heterocycles. The number of piperidine rings is 1. The molecule has 5 aromatic rings. The first-order valence-electron chi connectivity index (χ1n) is 15.9. The third kappa shape index (κ3) is 7.48. The average molecular weight is 655 g/mol. The number of hydrogen-bond acceptors (Lipinski definition) is 4. The summed E-state index contributed by atoms with van der Waals surface area (Å²) in [4.78, 5) is 2.88. The molecule has 5 aromatic carbocycles. The van der Waals surface area contributed by atoms with Crippen molar-refractivity contribution in [1.29, 1.82) is 0 Å². The van der Waals surface area contributed by atoms with Gasteiger partial charge in [-0.25, -0.2) is 13.1 Å². The molecule has 1 fully saturated rings. The zero-order valence-electron chi connectivity index (χ0n) is 26.3. The number of fused-ring (bicyclic) bond motifs is 1. The second-order valence-corrected chi connectivity index (χ2v) is 13.8. The van der Waals surface area contributed by atoms with E-state index in [0.29, 0.717) is 10.8 Å². The highest BCUT2D eigenvalue weighted by molar-refractivity contribution is 7.89. The summed E-state index contributed by atoms with van der Waals surface area (Å²) in [7, 11) is -2.15. The second kappa shape index (κ2) is 15.3. The molecule has 0 spiro atoms. The van der Waals surface area contributed by atoms with Crippen molar-refractivity contribution in [3.8, 4) is 5.75 Å². The summed E-state index contributed by atoms with van der Waals surface area (Å²) in [5, 5.41) is 1.63. The number of halogens is 1. The van der Waals surface area contributed by atoms with Gasteiger partial charge >= 0.3 is 0 Å². The van der Waals surface area contributed by atoms with Gasteiger partial charge in [-0.1, -0.05) is 109 Å². The van der Waals surface area contributed by atoms with Crippen LogP contribution in [0.2, 0.25) is 0 Å². The van der Waals surface area contributed by atoms with Gasteiger partial charge in [0.1, 0.15) is 5.75 Å². The van der Waals surface area contributed by atoms with Crippen molar-refractivity contribution in [2.45, 2.75) is 41.9 Å². The van der Waals surface area contributed by atoms with E-state index < -0.39 is 15.4 Å². The van der Waals surface area contributed by atoms with E-state index in [2.05, 4.69) is 64.2 Å². The maximum atomic E-state index is 14.0. The second-order valence-electron chi connectivity index (χ2n) is 12.1. The summed E-state index contributed by atoms with van der Waals surface area (Å²) in [5.74, 6) is 1.40. The van der Waals surface area contributed by atoms with Gasteiger partial charge in [-0.2, -0.15) is 0 Å². The molecule has 1 unspecified atom stereocenters. The normalized spacial score (nSPS) is 15.6.